The number of aliphatic hydroxyl groups is 1. The van der Waals surface area contributed by atoms with E-state index in [1.807, 2.05) is 0 Å². The largest absolute Gasteiger partial charge is 0.394 e. The molecule has 0 saturated carbocycles. The predicted octanol–water partition coefficient (Wildman–Crippen LogP) is 0.931. The molecule has 15 heavy (non-hydrogen) atoms. The van der Waals surface area contributed by atoms with Crippen LogP contribution >= 0.6 is 11.8 Å². The fourth-order valence-electron chi connectivity index (χ4n) is 1.38. The average Bonchev–Trinajstić information content (AvgIpc) is 2.64. The van der Waals surface area contributed by atoms with E-state index in [-0.39, 0.29) is 6.61 Å². The van der Waals surface area contributed by atoms with Gasteiger partial charge in [0, 0.05) is 0 Å². The molecule has 0 unspecified atom stereocenters. The first-order valence-corrected chi connectivity index (χ1v) is 5.75. The first-order valence-electron chi connectivity index (χ1n) is 4.77. The summed E-state index contributed by atoms with van der Waals surface area (Å²) < 4.78 is 1.69. The molecule has 0 radical (unpaired) electrons. The molecule has 0 aliphatic heterocycles. The zero-order chi connectivity index (χ0) is 10.7. The molecule has 1 N–H and O–H groups in total. The van der Waals surface area contributed by atoms with Crippen LogP contribution < -0.4 is 0 Å². The third-order valence-corrected chi connectivity index (χ3v) is 2.88. The highest BCUT2D eigenvalue weighted by Gasteiger charge is 2.08. The van der Waals surface area contributed by atoms with Gasteiger partial charge in [-0.25, -0.2) is 14.6 Å². The number of aromatic nitrogens is 4. The average molecular weight is 224 g/mol. The molecule has 2 aromatic rings. The summed E-state index contributed by atoms with van der Waals surface area (Å²) in [5, 5.41) is 14.9. The van der Waals surface area contributed by atoms with E-state index in [0.717, 1.165) is 21.8 Å². The van der Waals surface area contributed by atoms with Crippen LogP contribution in [0.3, 0.4) is 0 Å². The molecule has 0 aliphatic carbocycles. The molecule has 0 aliphatic rings. The van der Waals surface area contributed by atoms with E-state index in [1.54, 1.807) is 22.6 Å². The first-order chi connectivity index (χ1) is 7.36. The summed E-state index contributed by atoms with van der Waals surface area (Å²) in [6, 6.07) is 0. The van der Waals surface area contributed by atoms with Gasteiger partial charge in [-0.3, -0.25) is 0 Å². The Kier molecular flexibility index (Phi) is 3.17. The van der Waals surface area contributed by atoms with E-state index in [1.165, 1.54) is 6.33 Å². The van der Waals surface area contributed by atoms with Crippen LogP contribution in [0.25, 0.3) is 11.0 Å². The van der Waals surface area contributed by atoms with E-state index in [9.17, 15) is 0 Å². The maximum atomic E-state index is 8.86. The molecule has 2 heterocycles. The molecule has 6 heteroatoms. The van der Waals surface area contributed by atoms with Gasteiger partial charge < -0.3 is 5.11 Å². The van der Waals surface area contributed by atoms with E-state index < -0.39 is 0 Å². The lowest BCUT2D eigenvalue weighted by Crippen LogP contribution is -2.04. The number of hydrogen-bond donors (Lipinski definition) is 1. The Balaban J connectivity index is 2.48. The van der Waals surface area contributed by atoms with Crippen molar-refractivity contribution in [3.8, 4) is 0 Å². The van der Waals surface area contributed by atoms with Gasteiger partial charge in [-0.2, -0.15) is 5.10 Å². The van der Waals surface area contributed by atoms with E-state index in [0.29, 0.717) is 6.54 Å². The van der Waals surface area contributed by atoms with E-state index in [2.05, 4.69) is 22.0 Å². The smallest absolute Gasteiger partial charge is 0.162 e. The second-order valence-corrected chi connectivity index (χ2v) is 4.19. The molecule has 2 rings (SSSR count). The Morgan fingerprint density at radius 2 is 2.33 bits per heavy atom. The van der Waals surface area contributed by atoms with Crippen molar-refractivity contribution in [2.24, 2.45) is 0 Å². The summed E-state index contributed by atoms with van der Waals surface area (Å²) in [5.41, 5.74) is 0.787. The van der Waals surface area contributed by atoms with Crippen LogP contribution in [0.1, 0.15) is 6.92 Å². The quantitative estimate of drug-likeness (QED) is 0.618. The zero-order valence-electron chi connectivity index (χ0n) is 8.42. The molecule has 0 atom stereocenters. The summed E-state index contributed by atoms with van der Waals surface area (Å²) in [6.07, 6.45) is 3.29. The van der Waals surface area contributed by atoms with Crippen molar-refractivity contribution in [3.63, 3.8) is 0 Å². The standard InChI is InChI=1S/C9H12N4OS/c1-2-15-9-7-5-12-13(3-4-14)8(7)10-6-11-9/h5-6,14H,2-4H2,1H3. The topological polar surface area (TPSA) is 63.8 Å². The van der Waals surface area contributed by atoms with Crippen molar-refractivity contribution in [1.82, 2.24) is 19.7 Å². The minimum Gasteiger partial charge on any atom is -0.394 e. The monoisotopic (exact) mass is 224 g/mol. The maximum absolute atomic E-state index is 8.86. The molecule has 0 spiro atoms. The Bertz CT molecular complexity index is 456. The minimum atomic E-state index is 0.0665. The summed E-state index contributed by atoms with van der Waals surface area (Å²) in [5.74, 6) is 0.970. The fourth-order valence-corrected chi connectivity index (χ4v) is 2.08. The van der Waals surface area contributed by atoms with Crippen LogP contribution in [-0.2, 0) is 6.54 Å². The molecule has 2 aromatic heterocycles. The third-order valence-electron chi connectivity index (χ3n) is 1.99. The number of fused-ring (bicyclic) bond motifs is 1. The van der Waals surface area contributed by atoms with Gasteiger partial charge in [-0.1, -0.05) is 6.92 Å². The van der Waals surface area contributed by atoms with E-state index in [4.69, 9.17) is 5.11 Å². The second-order valence-electron chi connectivity index (χ2n) is 2.94. The van der Waals surface area contributed by atoms with Gasteiger partial charge in [0.25, 0.3) is 0 Å². The molecule has 0 bridgehead atoms. The van der Waals surface area contributed by atoms with Crippen molar-refractivity contribution in [2.75, 3.05) is 12.4 Å². The molecule has 0 amide bonds. The first kappa shape index (κ1) is 10.4. The summed E-state index contributed by atoms with van der Waals surface area (Å²) in [7, 11) is 0. The minimum absolute atomic E-state index is 0.0665. The summed E-state index contributed by atoms with van der Waals surface area (Å²) >= 11 is 1.67. The molecule has 0 fully saturated rings. The molecule has 5 nitrogen and oxygen atoms in total. The Hall–Kier alpha value is -1.14. The van der Waals surface area contributed by atoms with Crippen molar-refractivity contribution in [1.29, 1.82) is 0 Å². The van der Waals surface area contributed by atoms with Gasteiger partial charge in [0.2, 0.25) is 0 Å². The number of rotatable bonds is 4. The van der Waals surface area contributed by atoms with Gasteiger partial charge >= 0.3 is 0 Å². The van der Waals surface area contributed by atoms with Crippen LogP contribution in [0.4, 0.5) is 0 Å². The van der Waals surface area contributed by atoms with Crippen LogP contribution in [0, 0.1) is 0 Å². The zero-order valence-corrected chi connectivity index (χ0v) is 9.24. The highest BCUT2D eigenvalue weighted by Crippen LogP contribution is 2.23. The number of nitrogens with zero attached hydrogens (tertiary/aromatic N) is 4. The van der Waals surface area contributed by atoms with Crippen molar-refractivity contribution in [2.45, 2.75) is 18.5 Å². The highest BCUT2D eigenvalue weighted by molar-refractivity contribution is 7.99. The predicted molar refractivity (Wildman–Crippen MR) is 58.8 cm³/mol. The Morgan fingerprint density at radius 3 is 3.07 bits per heavy atom. The lowest BCUT2D eigenvalue weighted by Gasteiger charge is -2.00. The molecule has 80 valence electrons. The summed E-state index contributed by atoms with van der Waals surface area (Å²) in [6.45, 7) is 2.62. The van der Waals surface area contributed by atoms with Crippen LogP contribution in [0.2, 0.25) is 0 Å². The normalized spacial score (nSPS) is 11.1. The number of aliphatic hydroxyl groups excluding tert-OH is 1. The Labute approximate surface area is 91.5 Å². The second kappa shape index (κ2) is 4.59. The van der Waals surface area contributed by atoms with Gasteiger partial charge in [0.05, 0.1) is 24.7 Å². The van der Waals surface area contributed by atoms with Gasteiger partial charge in [-0.15, -0.1) is 11.8 Å². The third kappa shape index (κ3) is 1.95. The van der Waals surface area contributed by atoms with Crippen molar-refractivity contribution < 1.29 is 5.11 Å². The number of thioether (sulfide) groups is 1. The fraction of sp³-hybridized carbons (Fsp3) is 0.444. The molecule has 0 aromatic carbocycles. The van der Waals surface area contributed by atoms with Gasteiger partial charge in [0.1, 0.15) is 11.4 Å². The molecule has 0 saturated heterocycles. The van der Waals surface area contributed by atoms with Crippen molar-refractivity contribution in [3.05, 3.63) is 12.5 Å². The summed E-state index contributed by atoms with van der Waals surface area (Å²) in [4.78, 5) is 8.37. The van der Waals surface area contributed by atoms with Gasteiger partial charge in [-0.05, 0) is 5.75 Å². The SMILES string of the molecule is CCSc1ncnc2c1cnn2CCO. The maximum Gasteiger partial charge on any atom is 0.162 e. The van der Waals surface area contributed by atoms with E-state index >= 15 is 0 Å². The lowest BCUT2D eigenvalue weighted by atomic mass is 10.4. The highest BCUT2D eigenvalue weighted by atomic mass is 32.2. The van der Waals surface area contributed by atoms with Crippen LogP contribution in [-0.4, -0.2) is 37.2 Å². The van der Waals surface area contributed by atoms with Gasteiger partial charge in [0.15, 0.2) is 5.65 Å². The molecular formula is C9H12N4OS. The lowest BCUT2D eigenvalue weighted by molar-refractivity contribution is 0.271. The molecular weight excluding hydrogens is 212 g/mol. The Morgan fingerprint density at radius 1 is 1.47 bits per heavy atom. The number of hydrogen-bond acceptors (Lipinski definition) is 5. The van der Waals surface area contributed by atoms with Crippen molar-refractivity contribution >= 4 is 22.8 Å². The van der Waals surface area contributed by atoms with Crippen LogP contribution in [0.15, 0.2) is 17.6 Å². The van der Waals surface area contributed by atoms with Crippen LogP contribution in [0.5, 0.6) is 0 Å².